The summed E-state index contributed by atoms with van der Waals surface area (Å²) in [5.41, 5.74) is 2.69. The Morgan fingerprint density at radius 2 is 1.88 bits per heavy atom. The van der Waals surface area contributed by atoms with E-state index in [-0.39, 0.29) is 0 Å². The smallest absolute Gasteiger partial charge is 0.213 e. The third kappa shape index (κ3) is 4.31. The summed E-state index contributed by atoms with van der Waals surface area (Å²) < 4.78 is 5.72. The van der Waals surface area contributed by atoms with Crippen LogP contribution in [0.1, 0.15) is 16.7 Å². The minimum atomic E-state index is 0.488. The van der Waals surface area contributed by atoms with E-state index >= 15 is 0 Å². The summed E-state index contributed by atoms with van der Waals surface area (Å²) in [4.78, 5) is 8.41. The molecule has 3 rings (SSSR count). The van der Waals surface area contributed by atoms with Crippen molar-refractivity contribution in [3.8, 4) is 11.9 Å². The molecule has 2 heterocycles. The fourth-order valence-electron chi connectivity index (χ4n) is 2.13. The minimum Gasteiger partial charge on any atom is -0.473 e. The van der Waals surface area contributed by atoms with Crippen molar-refractivity contribution >= 4 is 5.82 Å². The molecular weight excluding hydrogens is 300 g/mol. The predicted molar refractivity (Wildman–Crippen MR) is 91.3 cm³/mol. The van der Waals surface area contributed by atoms with Crippen LogP contribution in [-0.4, -0.2) is 9.97 Å². The first kappa shape index (κ1) is 15.5. The molecule has 0 saturated carbocycles. The van der Waals surface area contributed by atoms with Crippen molar-refractivity contribution in [2.24, 2.45) is 0 Å². The van der Waals surface area contributed by atoms with Gasteiger partial charge in [0.2, 0.25) is 5.88 Å². The van der Waals surface area contributed by atoms with Gasteiger partial charge in [0.15, 0.2) is 0 Å². The largest absolute Gasteiger partial charge is 0.473 e. The highest BCUT2D eigenvalue weighted by atomic mass is 16.5. The number of pyridine rings is 2. The van der Waals surface area contributed by atoms with Gasteiger partial charge in [0, 0.05) is 25.0 Å². The summed E-state index contributed by atoms with van der Waals surface area (Å²) in [5.74, 6) is 1.31. The van der Waals surface area contributed by atoms with Crippen LogP contribution in [0.3, 0.4) is 0 Å². The summed E-state index contributed by atoms with van der Waals surface area (Å²) in [6.07, 6.45) is 3.27. The lowest BCUT2D eigenvalue weighted by Gasteiger charge is -2.08. The molecule has 0 radical (unpaired) electrons. The Balaban J connectivity index is 1.57. The third-order valence-electron chi connectivity index (χ3n) is 3.40. The average Bonchev–Trinajstić information content (AvgIpc) is 2.66. The highest BCUT2D eigenvalue weighted by Gasteiger charge is 2.01. The van der Waals surface area contributed by atoms with Gasteiger partial charge < -0.3 is 10.1 Å². The molecule has 118 valence electrons. The van der Waals surface area contributed by atoms with Gasteiger partial charge in [-0.05, 0) is 29.3 Å². The topological polar surface area (TPSA) is 70.8 Å². The molecule has 0 aliphatic carbocycles. The van der Waals surface area contributed by atoms with Crippen LogP contribution in [0, 0.1) is 11.3 Å². The number of nitrogens with one attached hydrogen (secondary N) is 1. The van der Waals surface area contributed by atoms with E-state index in [0.29, 0.717) is 24.6 Å². The Kier molecular flexibility index (Phi) is 5.00. The number of benzene rings is 1. The Hall–Kier alpha value is -3.39. The Morgan fingerprint density at radius 1 is 1.00 bits per heavy atom. The molecule has 0 aliphatic rings. The predicted octanol–water partition coefficient (Wildman–Crippen LogP) is 3.54. The van der Waals surface area contributed by atoms with Crippen LogP contribution in [0.4, 0.5) is 5.82 Å². The molecule has 0 saturated heterocycles. The van der Waals surface area contributed by atoms with E-state index < -0.39 is 0 Å². The molecule has 24 heavy (non-hydrogen) atoms. The average molecular weight is 316 g/mol. The zero-order valence-corrected chi connectivity index (χ0v) is 13.0. The first-order valence-electron chi connectivity index (χ1n) is 7.55. The van der Waals surface area contributed by atoms with Gasteiger partial charge in [-0.25, -0.2) is 9.97 Å². The fraction of sp³-hybridized carbons (Fsp3) is 0.105. The van der Waals surface area contributed by atoms with E-state index in [4.69, 9.17) is 10.00 Å². The van der Waals surface area contributed by atoms with Gasteiger partial charge in [-0.15, -0.1) is 0 Å². The van der Waals surface area contributed by atoms with Crippen LogP contribution >= 0.6 is 0 Å². The van der Waals surface area contributed by atoms with Crippen molar-refractivity contribution in [2.75, 3.05) is 5.32 Å². The standard InChI is InChI=1S/C19H16N4O/c20-11-17-6-7-18(23-13-17)22-12-16-8-9-21-19(10-16)24-14-15-4-2-1-3-5-15/h1-10,13H,12,14H2,(H,22,23). The highest BCUT2D eigenvalue weighted by Crippen LogP contribution is 2.13. The van der Waals surface area contributed by atoms with E-state index in [2.05, 4.69) is 15.3 Å². The van der Waals surface area contributed by atoms with Gasteiger partial charge in [-0.3, -0.25) is 0 Å². The lowest BCUT2D eigenvalue weighted by molar-refractivity contribution is 0.293. The van der Waals surface area contributed by atoms with Crippen molar-refractivity contribution < 1.29 is 4.74 Å². The van der Waals surface area contributed by atoms with E-state index in [1.165, 1.54) is 0 Å². The monoisotopic (exact) mass is 316 g/mol. The molecule has 0 atom stereocenters. The van der Waals surface area contributed by atoms with Gasteiger partial charge in [0.1, 0.15) is 18.5 Å². The molecule has 2 aromatic heterocycles. The zero-order valence-electron chi connectivity index (χ0n) is 13.0. The lowest BCUT2D eigenvalue weighted by atomic mass is 10.2. The summed E-state index contributed by atoms with van der Waals surface area (Å²) in [6.45, 7) is 1.09. The number of hydrogen-bond acceptors (Lipinski definition) is 5. The molecule has 1 N–H and O–H groups in total. The van der Waals surface area contributed by atoms with Gasteiger partial charge >= 0.3 is 0 Å². The van der Waals surface area contributed by atoms with Gasteiger partial charge in [-0.2, -0.15) is 5.26 Å². The van der Waals surface area contributed by atoms with Crippen molar-refractivity contribution in [3.63, 3.8) is 0 Å². The van der Waals surface area contributed by atoms with Crippen LogP contribution in [0.2, 0.25) is 0 Å². The van der Waals surface area contributed by atoms with Gasteiger partial charge in [0.25, 0.3) is 0 Å². The summed E-state index contributed by atoms with van der Waals surface area (Å²) in [5, 5.41) is 12.0. The van der Waals surface area contributed by atoms with Crippen molar-refractivity contribution in [1.29, 1.82) is 5.26 Å². The molecule has 0 spiro atoms. The second kappa shape index (κ2) is 7.75. The zero-order chi connectivity index (χ0) is 16.6. The molecule has 0 unspecified atom stereocenters. The molecule has 5 nitrogen and oxygen atoms in total. The van der Waals surface area contributed by atoms with E-state index in [1.807, 2.05) is 48.5 Å². The van der Waals surface area contributed by atoms with Crippen LogP contribution in [0.5, 0.6) is 5.88 Å². The number of aromatic nitrogens is 2. The number of nitrogens with zero attached hydrogens (tertiary/aromatic N) is 3. The number of nitriles is 1. The Bertz CT molecular complexity index is 826. The second-order valence-corrected chi connectivity index (χ2v) is 5.17. The number of rotatable bonds is 6. The van der Waals surface area contributed by atoms with Gasteiger partial charge in [-0.1, -0.05) is 30.3 Å². The molecule has 0 aliphatic heterocycles. The molecule has 5 heteroatoms. The number of anilines is 1. The maximum Gasteiger partial charge on any atom is 0.213 e. The van der Waals surface area contributed by atoms with Crippen LogP contribution in [0.15, 0.2) is 67.0 Å². The van der Waals surface area contributed by atoms with Crippen molar-refractivity contribution in [3.05, 3.63) is 83.7 Å². The first-order chi connectivity index (χ1) is 11.8. The highest BCUT2D eigenvalue weighted by molar-refractivity contribution is 5.39. The fourth-order valence-corrected chi connectivity index (χ4v) is 2.13. The molecule has 0 amide bonds. The van der Waals surface area contributed by atoms with Crippen molar-refractivity contribution in [2.45, 2.75) is 13.2 Å². The maximum absolute atomic E-state index is 8.77. The Morgan fingerprint density at radius 3 is 2.62 bits per heavy atom. The minimum absolute atomic E-state index is 0.488. The van der Waals surface area contributed by atoms with Crippen molar-refractivity contribution in [1.82, 2.24) is 9.97 Å². The van der Waals surface area contributed by atoms with Crippen LogP contribution < -0.4 is 10.1 Å². The van der Waals surface area contributed by atoms with Crippen LogP contribution in [0.25, 0.3) is 0 Å². The molecule has 0 bridgehead atoms. The first-order valence-corrected chi connectivity index (χ1v) is 7.55. The van der Waals surface area contributed by atoms with Crippen LogP contribution in [-0.2, 0) is 13.2 Å². The molecule has 0 fully saturated rings. The summed E-state index contributed by atoms with van der Waals surface area (Å²) >= 11 is 0. The van der Waals surface area contributed by atoms with E-state index in [0.717, 1.165) is 16.9 Å². The molecular formula is C19H16N4O. The summed E-state index contributed by atoms with van der Waals surface area (Å²) in [7, 11) is 0. The van der Waals surface area contributed by atoms with E-state index in [9.17, 15) is 0 Å². The quantitative estimate of drug-likeness (QED) is 0.753. The number of ether oxygens (including phenoxy) is 1. The Labute approximate surface area is 140 Å². The number of hydrogen-bond donors (Lipinski definition) is 1. The molecule has 3 aromatic rings. The third-order valence-corrected chi connectivity index (χ3v) is 3.40. The SMILES string of the molecule is N#Cc1ccc(NCc2ccnc(OCc3ccccc3)c2)nc1. The molecule has 1 aromatic carbocycles. The maximum atomic E-state index is 8.77. The summed E-state index contributed by atoms with van der Waals surface area (Å²) in [6, 6.07) is 19.4. The van der Waals surface area contributed by atoms with E-state index in [1.54, 1.807) is 24.5 Å². The normalized spacial score (nSPS) is 9.96. The lowest BCUT2D eigenvalue weighted by Crippen LogP contribution is -2.03. The van der Waals surface area contributed by atoms with Gasteiger partial charge in [0.05, 0.1) is 5.56 Å². The second-order valence-electron chi connectivity index (χ2n) is 5.17.